The fourth-order valence-electron chi connectivity index (χ4n) is 2.63. The molecule has 3 rings (SSSR count). The fourth-order valence-corrected chi connectivity index (χ4v) is 2.63. The Morgan fingerprint density at radius 3 is 2.76 bits per heavy atom. The van der Waals surface area contributed by atoms with E-state index in [2.05, 4.69) is 22.4 Å². The summed E-state index contributed by atoms with van der Waals surface area (Å²) >= 11 is 0. The van der Waals surface area contributed by atoms with Gasteiger partial charge in [0.25, 0.3) is 5.91 Å². The van der Waals surface area contributed by atoms with Crippen LogP contribution in [-0.2, 0) is 6.42 Å². The summed E-state index contributed by atoms with van der Waals surface area (Å²) in [5.74, 6) is -0.447. The highest BCUT2D eigenvalue weighted by atomic mass is 19.1. The molecule has 5 heteroatoms. The summed E-state index contributed by atoms with van der Waals surface area (Å²) in [6.45, 7) is 1.95. The minimum absolute atomic E-state index is 0.0234. The van der Waals surface area contributed by atoms with Crippen molar-refractivity contribution in [2.24, 2.45) is 0 Å². The molecule has 1 amide bonds. The normalized spacial score (nSPS) is 11.9. The Morgan fingerprint density at radius 2 is 2.00 bits per heavy atom. The number of aromatic nitrogens is 1. The average Bonchev–Trinajstić information content (AvgIpc) is 3.11. The molecule has 0 aliphatic heterocycles. The van der Waals surface area contributed by atoms with Crippen LogP contribution >= 0.6 is 0 Å². The lowest BCUT2D eigenvalue weighted by Gasteiger charge is -2.13. The summed E-state index contributed by atoms with van der Waals surface area (Å²) in [6, 6.07) is 16.0. The van der Waals surface area contributed by atoms with Crippen molar-refractivity contribution in [2.45, 2.75) is 25.8 Å². The van der Waals surface area contributed by atoms with E-state index in [-0.39, 0.29) is 23.4 Å². The predicted octanol–water partition coefficient (Wildman–Crippen LogP) is 4.23. The molecule has 25 heavy (non-hydrogen) atoms. The monoisotopic (exact) mass is 338 g/mol. The van der Waals surface area contributed by atoms with E-state index in [0.717, 1.165) is 12.8 Å². The van der Waals surface area contributed by atoms with Gasteiger partial charge in [-0.2, -0.15) is 0 Å². The zero-order valence-electron chi connectivity index (χ0n) is 13.9. The Hall–Kier alpha value is -2.95. The maximum Gasteiger partial charge on any atom is 0.274 e. The van der Waals surface area contributed by atoms with Gasteiger partial charge in [-0.25, -0.2) is 9.37 Å². The smallest absolute Gasteiger partial charge is 0.274 e. The molecule has 2 aromatic carbocycles. The second kappa shape index (κ2) is 7.75. The van der Waals surface area contributed by atoms with Crippen molar-refractivity contribution in [1.82, 2.24) is 10.3 Å². The van der Waals surface area contributed by atoms with Gasteiger partial charge in [0.1, 0.15) is 5.82 Å². The molecular formula is C20H19FN2O2. The molecule has 0 fully saturated rings. The average molecular weight is 338 g/mol. The minimum atomic E-state index is -0.392. The van der Waals surface area contributed by atoms with E-state index in [1.807, 2.05) is 25.1 Å². The van der Waals surface area contributed by atoms with Gasteiger partial charge in [0.2, 0.25) is 0 Å². The van der Waals surface area contributed by atoms with Crippen molar-refractivity contribution in [3.05, 3.63) is 78.1 Å². The predicted molar refractivity (Wildman–Crippen MR) is 93.6 cm³/mol. The number of aryl methyl sites for hydroxylation is 1. The van der Waals surface area contributed by atoms with Crippen molar-refractivity contribution in [2.75, 3.05) is 0 Å². The maximum atomic E-state index is 13.4. The van der Waals surface area contributed by atoms with E-state index >= 15 is 0 Å². The summed E-state index contributed by atoms with van der Waals surface area (Å²) in [7, 11) is 0. The van der Waals surface area contributed by atoms with Gasteiger partial charge in [-0.15, -0.1) is 0 Å². The molecule has 0 aliphatic carbocycles. The van der Waals surface area contributed by atoms with Crippen LogP contribution in [0.25, 0.3) is 11.3 Å². The lowest BCUT2D eigenvalue weighted by atomic mass is 10.1. The van der Waals surface area contributed by atoms with E-state index in [4.69, 9.17) is 4.42 Å². The molecule has 0 spiro atoms. The van der Waals surface area contributed by atoms with Crippen LogP contribution in [0.2, 0.25) is 0 Å². The van der Waals surface area contributed by atoms with E-state index < -0.39 is 5.82 Å². The standard InChI is InChI=1S/C20H19FN2O2/c1-14(10-11-15-6-3-2-4-7-15)23-20(24)18-19(25-13-22-18)16-8-5-9-17(21)12-16/h2-9,12-14H,10-11H2,1H3,(H,23,24). The number of nitrogens with one attached hydrogen (secondary N) is 1. The Balaban J connectivity index is 1.65. The molecule has 128 valence electrons. The molecule has 1 atom stereocenters. The van der Waals surface area contributed by atoms with E-state index in [1.54, 1.807) is 12.1 Å². The van der Waals surface area contributed by atoms with Gasteiger partial charge in [-0.05, 0) is 37.5 Å². The van der Waals surface area contributed by atoms with Crippen LogP contribution in [0.5, 0.6) is 0 Å². The number of halogens is 1. The van der Waals surface area contributed by atoms with E-state index in [1.165, 1.54) is 24.1 Å². The third-order valence-electron chi connectivity index (χ3n) is 3.96. The van der Waals surface area contributed by atoms with Crippen LogP contribution in [-0.4, -0.2) is 16.9 Å². The Kier molecular flexibility index (Phi) is 5.23. The van der Waals surface area contributed by atoms with Crippen LogP contribution in [0.3, 0.4) is 0 Å². The summed E-state index contributed by atoms with van der Waals surface area (Å²) in [5.41, 5.74) is 1.88. The summed E-state index contributed by atoms with van der Waals surface area (Å²) < 4.78 is 18.7. The van der Waals surface area contributed by atoms with Gasteiger partial charge in [0.15, 0.2) is 17.8 Å². The Labute approximate surface area is 145 Å². The number of benzene rings is 2. The van der Waals surface area contributed by atoms with Crippen molar-refractivity contribution >= 4 is 5.91 Å². The second-order valence-electron chi connectivity index (χ2n) is 5.94. The summed E-state index contributed by atoms with van der Waals surface area (Å²) in [4.78, 5) is 16.5. The number of hydrogen-bond donors (Lipinski definition) is 1. The number of amides is 1. The van der Waals surface area contributed by atoms with Crippen LogP contribution in [0.4, 0.5) is 4.39 Å². The van der Waals surface area contributed by atoms with Crippen LogP contribution in [0, 0.1) is 5.82 Å². The molecular weight excluding hydrogens is 319 g/mol. The highest BCUT2D eigenvalue weighted by Crippen LogP contribution is 2.23. The van der Waals surface area contributed by atoms with Crippen LogP contribution < -0.4 is 5.32 Å². The number of carbonyl (C=O) groups excluding carboxylic acids is 1. The molecule has 0 saturated carbocycles. The quantitative estimate of drug-likeness (QED) is 0.732. The first kappa shape index (κ1) is 16.9. The topological polar surface area (TPSA) is 55.1 Å². The Bertz CT molecular complexity index is 846. The number of oxazole rings is 1. The lowest BCUT2D eigenvalue weighted by Crippen LogP contribution is -2.33. The molecule has 1 unspecified atom stereocenters. The third kappa shape index (κ3) is 4.32. The van der Waals surface area contributed by atoms with E-state index in [0.29, 0.717) is 5.56 Å². The third-order valence-corrected chi connectivity index (χ3v) is 3.96. The van der Waals surface area contributed by atoms with Crippen LogP contribution in [0.1, 0.15) is 29.4 Å². The largest absolute Gasteiger partial charge is 0.443 e. The van der Waals surface area contributed by atoms with Gasteiger partial charge in [0, 0.05) is 11.6 Å². The molecule has 0 saturated heterocycles. The molecule has 0 radical (unpaired) electrons. The van der Waals surface area contributed by atoms with Gasteiger partial charge in [-0.3, -0.25) is 4.79 Å². The van der Waals surface area contributed by atoms with Gasteiger partial charge in [0.05, 0.1) is 0 Å². The van der Waals surface area contributed by atoms with Crippen molar-refractivity contribution in [1.29, 1.82) is 0 Å². The molecule has 1 N–H and O–H groups in total. The van der Waals surface area contributed by atoms with Gasteiger partial charge >= 0.3 is 0 Å². The molecule has 4 nitrogen and oxygen atoms in total. The number of rotatable bonds is 6. The zero-order valence-corrected chi connectivity index (χ0v) is 13.9. The second-order valence-corrected chi connectivity index (χ2v) is 5.94. The SMILES string of the molecule is CC(CCc1ccccc1)NC(=O)c1ncoc1-c1cccc(F)c1. The molecule has 0 aliphatic rings. The van der Waals surface area contributed by atoms with Crippen molar-refractivity contribution < 1.29 is 13.6 Å². The van der Waals surface area contributed by atoms with Gasteiger partial charge < -0.3 is 9.73 Å². The van der Waals surface area contributed by atoms with Crippen LogP contribution in [0.15, 0.2) is 65.4 Å². The summed E-state index contributed by atoms with van der Waals surface area (Å²) in [6.07, 6.45) is 2.88. The molecule has 0 bridgehead atoms. The highest BCUT2D eigenvalue weighted by Gasteiger charge is 2.20. The maximum absolute atomic E-state index is 13.4. The van der Waals surface area contributed by atoms with Crippen molar-refractivity contribution in [3.8, 4) is 11.3 Å². The molecule has 1 aromatic heterocycles. The number of nitrogens with zero attached hydrogens (tertiary/aromatic N) is 1. The zero-order chi connectivity index (χ0) is 17.6. The first-order valence-electron chi connectivity index (χ1n) is 8.17. The summed E-state index contributed by atoms with van der Waals surface area (Å²) in [5, 5.41) is 2.92. The minimum Gasteiger partial charge on any atom is -0.443 e. The lowest BCUT2D eigenvalue weighted by molar-refractivity contribution is 0.0934. The van der Waals surface area contributed by atoms with E-state index in [9.17, 15) is 9.18 Å². The molecule has 3 aromatic rings. The number of hydrogen-bond acceptors (Lipinski definition) is 3. The van der Waals surface area contributed by atoms with Gasteiger partial charge in [-0.1, -0.05) is 42.5 Å². The fraction of sp³-hybridized carbons (Fsp3) is 0.200. The number of carbonyl (C=O) groups is 1. The first-order valence-corrected chi connectivity index (χ1v) is 8.17. The van der Waals surface area contributed by atoms with Crippen molar-refractivity contribution in [3.63, 3.8) is 0 Å². The Morgan fingerprint density at radius 1 is 1.20 bits per heavy atom. The highest BCUT2D eigenvalue weighted by molar-refractivity contribution is 5.97. The first-order chi connectivity index (χ1) is 12.1. The molecule has 1 heterocycles.